The number of nitrogens with zero attached hydrogens (tertiary/aromatic N) is 3. The molecule has 2 amide bonds. The molecular weight excluding hydrogens is 394 g/mol. The predicted molar refractivity (Wildman–Crippen MR) is 107 cm³/mol. The number of hydrazine groups is 1. The number of hydrogen-bond acceptors (Lipinski definition) is 7. The molecule has 0 unspecified atom stereocenters. The van der Waals surface area contributed by atoms with Gasteiger partial charge in [0.1, 0.15) is 13.2 Å². The van der Waals surface area contributed by atoms with E-state index in [1.54, 1.807) is 28.4 Å². The highest BCUT2D eigenvalue weighted by atomic mass is 32.1. The third-order valence-electron chi connectivity index (χ3n) is 4.00. The summed E-state index contributed by atoms with van der Waals surface area (Å²) in [7, 11) is 1.49. The van der Waals surface area contributed by atoms with Crippen LogP contribution in [0.1, 0.15) is 27.4 Å². The average Bonchev–Trinajstić information content (AvgIpc) is 3.33. The second-order valence-corrected chi connectivity index (χ2v) is 6.94. The molecule has 2 aromatic heterocycles. The van der Waals surface area contributed by atoms with E-state index in [0.717, 1.165) is 17.1 Å². The van der Waals surface area contributed by atoms with Crippen molar-refractivity contribution in [1.82, 2.24) is 25.6 Å². The lowest BCUT2D eigenvalue weighted by molar-refractivity contribution is -0.122. The summed E-state index contributed by atoms with van der Waals surface area (Å²) in [5, 5.41) is 6.10. The minimum Gasteiger partial charge on any atom is -0.493 e. The third kappa shape index (κ3) is 5.32. The first-order valence-electron chi connectivity index (χ1n) is 8.74. The van der Waals surface area contributed by atoms with Gasteiger partial charge in [0.25, 0.3) is 11.8 Å². The van der Waals surface area contributed by atoms with Crippen molar-refractivity contribution in [3.8, 4) is 11.5 Å². The zero-order valence-corrected chi connectivity index (χ0v) is 17.1. The first kappa shape index (κ1) is 20.3. The van der Waals surface area contributed by atoms with Crippen molar-refractivity contribution in [2.75, 3.05) is 7.11 Å². The Morgan fingerprint density at radius 2 is 2.00 bits per heavy atom. The van der Waals surface area contributed by atoms with Crippen LogP contribution in [0.4, 0.5) is 0 Å². The number of rotatable bonds is 7. The Bertz CT molecular complexity index is 1000. The second kappa shape index (κ2) is 9.20. The Labute approximate surface area is 171 Å². The third-order valence-corrected chi connectivity index (χ3v) is 4.63. The zero-order chi connectivity index (χ0) is 20.8. The summed E-state index contributed by atoms with van der Waals surface area (Å²) < 4.78 is 12.6. The average molecular weight is 415 g/mol. The standard InChI is InChI=1S/C19H21N5O4S/c1-12-6-13(2)24(23-12)8-18(25)21-22-19(26)14-4-5-16(17(7-14)27-3)28-9-15-10-29-11-20-15/h4-7,10-11H,8-9H2,1-3H3,(H,21,25)(H,22,26). The van der Waals surface area contributed by atoms with Crippen molar-refractivity contribution in [3.63, 3.8) is 0 Å². The van der Waals surface area contributed by atoms with E-state index in [0.29, 0.717) is 23.7 Å². The fourth-order valence-corrected chi connectivity index (χ4v) is 3.14. The molecule has 2 N–H and O–H groups in total. The van der Waals surface area contributed by atoms with Crippen LogP contribution in [0.25, 0.3) is 0 Å². The van der Waals surface area contributed by atoms with Gasteiger partial charge in [0.05, 0.1) is 24.0 Å². The molecule has 10 heteroatoms. The molecular formula is C19H21N5O4S. The number of methoxy groups -OCH3 is 1. The van der Waals surface area contributed by atoms with Crippen molar-refractivity contribution in [2.45, 2.75) is 27.0 Å². The van der Waals surface area contributed by atoms with E-state index in [1.807, 2.05) is 25.3 Å². The second-order valence-electron chi connectivity index (χ2n) is 6.22. The largest absolute Gasteiger partial charge is 0.493 e. The molecule has 2 heterocycles. The first-order chi connectivity index (χ1) is 14.0. The molecule has 0 aliphatic rings. The van der Waals surface area contributed by atoms with Crippen LogP contribution in [0.3, 0.4) is 0 Å². The minimum atomic E-state index is -0.476. The number of aromatic nitrogens is 3. The zero-order valence-electron chi connectivity index (χ0n) is 16.3. The van der Waals surface area contributed by atoms with Crippen LogP contribution in [-0.4, -0.2) is 33.7 Å². The van der Waals surface area contributed by atoms with Crippen molar-refractivity contribution >= 4 is 23.2 Å². The summed E-state index contributed by atoms with van der Waals surface area (Å²) in [5.41, 5.74) is 9.31. The first-order valence-corrected chi connectivity index (χ1v) is 9.68. The Morgan fingerprint density at radius 1 is 1.17 bits per heavy atom. The molecule has 29 heavy (non-hydrogen) atoms. The van der Waals surface area contributed by atoms with Crippen LogP contribution in [0.2, 0.25) is 0 Å². The van der Waals surface area contributed by atoms with E-state index >= 15 is 0 Å². The van der Waals surface area contributed by atoms with Crippen LogP contribution < -0.4 is 20.3 Å². The fourth-order valence-electron chi connectivity index (χ4n) is 2.60. The molecule has 0 aliphatic carbocycles. The summed E-state index contributed by atoms with van der Waals surface area (Å²) >= 11 is 1.49. The molecule has 0 radical (unpaired) electrons. The lowest BCUT2D eigenvalue weighted by Gasteiger charge is -2.12. The van der Waals surface area contributed by atoms with E-state index in [2.05, 4.69) is 20.9 Å². The Morgan fingerprint density at radius 3 is 2.66 bits per heavy atom. The number of benzene rings is 1. The number of ether oxygens (including phenoxy) is 2. The highest BCUT2D eigenvalue weighted by Gasteiger charge is 2.13. The van der Waals surface area contributed by atoms with Crippen LogP contribution in [-0.2, 0) is 17.9 Å². The number of thiazole rings is 1. The van der Waals surface area contributed by atoms with Gasteiger partial charge in [0.2, 0.25) is 0 Å². The Kier molecular flexibility index (Phi) is 6.45. The summed E-state index contributed by atoms with van der Waals surface area (Å²) in [6.07, 6.45) is 0. The topological polar surface area (TPSA) is 107 Å². The number of amides is 2. The number of aryl methyl sites for hydroxylation is 2. The lowest BCUT2D eigenvalue weighted by atomic mass is 10.2. The van der Waals surface area contributed by atoms with Crippen molar-refractivity contribution in [2.24, 2.45) is 0 Å². The van der Waals surface area contributed by atoms with Gasteiger partial charge in [-0.1, -0.05) is 0 Å². The summed E-state index contributed by atoms with van der Waals surface area (Å²) in [4.78, 5) is 28.5. The molecule has 1 aromatic carbocycles. The summed E-state index contributed by atoms with van der Waals surface area (Å²) in [5.74, 6) is 0.0308. The minimum absolute atomic E-state index is 0.00662. The van der Waals surface area contributed by atoms with Gasteiger partial charge in [-0.2, -0.15) is 5.10 Å². The number of hydrogen-bond donors (Lipinski definition) is 2. The SMILES string of the molecule is COc1cc(C(=O)NNC(=O)Cn2nc(C)cc2C)ccc1OCc1cscn1. The summed E-state index contributed by atoms with van der Waals surface area (Å²) in [6.45, 7) is 4.01. The monoisotopic (exact) mass is 415 g/mol. The van der Waals surface area contributed by atoms with Gasteiger partial charge in [0, 0.05) is 16.6 Å². The molecule has 0 aliphatic heterocycles. The van der Waals surface area contributed by atoms with Gasteiger partial charge < -0.3 is 9.47 Å². The van der Waals surface area contributed by atoms with Crippen LogP contribution in [0.15, 0.2) is 35.2 Å². The maximum absolute atomic E-state index is 12.3. The van der Waals surface area contributed by atoms with Crippen molar-refractivity contribution < 1.29 is 19.1 Å². The molecule has 152 valence electrons. The number of nitrogens with one attached hydrogen (secondary N) is 2. The van der Waals surface area contributed by atoms with Crippen molar-refractivity contribution in [3.05, 3.63) is 57.8 Å². The molecule has 0 spiro atoms. The maximum Gasteiger partial charge on any atom is 0.269 e. The predicted octanol–water partition coefficient (Wildman–Crippen LogP) is 2.01. The van der Waals surface area contributed by atoms with Gasteiger partial charge in [-0.25, -0.2) is 4.98 Å². The molecule has 0 fully saturated rings. The number of carbonyl (C=O) groups is 2. The molecule has 0 bridgehead atoms. The maximum atomic E-state index is 12.3. The highest BCUT2D eigenvalue weighted by Crippen LogP contribution is 2.28. The summed E-state index contributed by atoms with van der Waals surface area (Å²) in [6, 6.07) is 6.63. The Balaban J connectivity index is 1.57. The van der Waals surface area contributed by atoms with Gasteiger partial charge in [0.15, 0.2) is 11.5 Å². The molecule has 0 atom stereocenters. The van der Waals surface area contributed by atoms with Crippen LogP contribution in [0, 0.1) is 13.8 Å². The van der Waals surface area contributed by atoms with E-state index < -0.39 is 5.91 Å². The van der Waals surface area contributed by atoms with Crippen LogP contribution in [0.5, 0.6) is 11.5 Å². The molecule has 3 rings (SSSR count). The van der Waals surface area contributed by atoms with Crippen molar-refractivity contribution in [1.29, 1.82) is 0 Å². The fraction of sp³-hybridized carbons (Fsp3) is 0.263. The van der Waals surface area contributed by atoms with Gasteiger partial charge in [-0.15, -0.1) is 11.3 Å². The number of carbonyl (C=O) groups excluding carboxylic acids is 2. The van der Waals surface area contributed by atoms with Gasteiger partial charge >= 0.3 is 0 Å². The van der Waals surface area contributed by atoms with Gasteiger partial charge in [-0.3, -0.25) is 25.1 Å². The van der Waals surface area contributed by atoms with Gasteiger partial charge in [-0.05, 0) is 38.1 Å². The Hall–Kier alpha value is -3.40. The molecule has 3 aromatic rings. The van der Waals surface area contributed by atoms with E-state index in [-0.39, 0.29) is 12.5 Å². The highest BCUT2D eigenvalue weighted by molar-refractivity contribution is 7.07. The molecule has 0 saturated heterocycles. The lowest BCUT2D eigenvalue weighted by Crippen LogP contribution is -2.43. The normalized spacial score (nSPS) is 10.4. The van der Waals surface area contributed by atoms with E-state index in [9.17, 15) is 9.59 Å². The van der Waals surface area contributed by atoms with E-state index in [1.165, 1.54) is 18.4 Å². The molecule has 9 nitrogen and oxygen atoms in total. The van der Waals surface area contributed by atoms with Crippen LogP contribution >= 0.6 is 11.3 Å². The van der Waals surface area contributed by atoms with E-state index in [4.69, 9.17) is 9.47 Å². The quantitative estimate of drug-likeness (QED) is 0.572. The smallest absolute Gasteiger partial charge is 0.269 e. The molecule has 0 saturated carbocycles.